The number of amidine groups is 1. The predicted molar refractivity (Wildman–Crippen MR) is 94.6 cm³/mol. The molecule has 3 atom stereocenters. The van der Waals surface area contributed by atoms with Gasteiger partial charge in [-0.2, -0.15) is 4.99 Å². The lowest BCUT2D eigenvalue weighted by Gasteiger charge is -2.24. The number of anilines is 1. The number of sulfone groups is 1. The van der Waals surface area contributed by atoms with Crippen LogP contribution in [0.15, 0.2) is 35.3 Å². The molecular formula is C16H20N2O3S2. The molecule has 0 saturated carbocycles. The first-order valence-corrected chi connectivity index (χ1v) is 10.5. The van der Waals surface area contributed by atoms with Crippen molar-refractivity contribution in [1.29, 1.82) is 0 Å². The molecule has 2 fully saturated rings. The number of para-hydroxylation sites is 1. The van der Waals surface area contributed by atoms with Crippen molar-refractivity contribution < 1.29 is 13.2 Å². The molecule has 5 nitrogen and oxygen atoms in total. The van der Waals surface area contributed by atoms with Crippen LogP contribution in [0, 0.1) is 5.92 Å². The number of carbonyl (C=O) groups is 1. The van der Waals surface area contributed by atoms with Crippen LogP contribution < -0.4 is 4.90 Å². The zero-order valence-electron chi connectivity index (χ0n) is 13.2. The lowest BCUT2D eigenvalue weighted by atomic mass is 10.1. The van der Waals surface area contributed by atoms with Crippen LogP contribution >= 0.6 is 11.8 Å². The van der Waals surface area contributed by atoms with Gasteiger partial charge in [-0.05, 0) is 18.6 Å². The van der Waals surface area contributed by atoms with Crippen molar-refractivity contribution >= 4 is 38.4 Å². The van der Waals surface area contributed by atoms with Crippen LogP contribution in [0.3, 0.4) is 0 Å². The summed E-state index contributed by atoms with van der Waals surface area (Å²) in [6.07, 6.45) is 0.743. The van der Waals surface area contributed by atoms with E-state index in [9.17, 15) is 13.2 Å². The van der Waals surface area contributed by atoms with E-state index in [-0.39, 0.29) is 34.6 Å². The zero-order valence-corrected chi connectivity index (χ0v) is 14.8. The van der Waals surface area contributed by atoms with E-state index < -0.39 is 9.84 Å². The van der Waals surface area contributed by atoms with Crippen molar-refractivity contribution in [3.63, 3.8) is 0 Å². The van der Waals surface area contributed by atoms with Crippen LogP contribution in [0.1, 0.15) is 20.3 Å². The molecule has 1 amide bonds. The lowest BCUT2D eigenvalue weighted by Crippen LogP contribution is -2.37. The molecule has 0 aliphatic carbocycles. The van der Waals surface area contributed by atoms with E-state index in [4.69, 9.17) is 0 Å². The average molecular weight is 352 g/mol. The largest absolute Gasteiger partial charge is 0.316 e. The van der Waals surface area contributed by atoms with Crippen molar-refractivity contribution in [1.82, 2.24) is 0 Å². The number of carbonyl (C=O) groups excluding carboxylic acids is 1. The van der Waals surface area contributed by atoms with Gasteiger partial charge < -0.3 is 4.90 Å². The van der Waals surface area contributed by atoms with Crippen LogP contribution in [0.5, 0.6) is 0 Å². The minimum absolute atomic E-state index is 0.0521. The van der Waals surface area contributed by atoms with Gasteiger partial charge in [-0.1, -0.05) is 43.8 Å². The third-order valence-corrected chi connectivity index (χ3v) is 7.55. The molecule has 0 aromatic heterocycles. The Kier molecular flexibility index (Phi) is 4.51. The Morgan fingerprint density at radius 1 is 1.35 bits per heavy atom. The highest BCUT2D eigenvalue weighted by Crippen LogP contribution is 2.40. The molecule has 3 rings (SSSR count). The van der Waals surface area contributed by atoms with Crippen molar-refractivity contribution in [3.05, 3.63) is 30.3 Å². The van der Waals surface area contributed by atoms with E-state index >= 15 is 0 Å². The smallest absolute Gasteiger partial charge is 0.250 e. The van der Waals surface area contributed by atoms with Gasteiger partial charge >= 0.3 is 0 Å². The maximum absolute atomic E-state index is 12.2. The van der Waals surface area contributed by atoms with E-state index in [0.29, 0.717) is 5.17 Å². The van der Waals surface area contributed by atoms with E-state index in [1.807, 2.05) is 49.1 Å². The quantitative estimate of drug-likeness (QED) is 0.835. The summed E-state index contributed by atoms with van der Waals surface area (Å²) in [5, 5.41) is 0.579. The Morgan fingerprint density at radius 3 is 2.70 bits per heavy atom. The third-order valence-electron chi connectivity index (χ3n) is 4.34. The van der Waals surface area contributed by atoms with Gasteiger partial charge in [0.15, 0.2) is 15.0 Å². The monoisotopic (exact) mass is 352 g/mol. The van der Waals surface area contributed by atoms with E-state index in [1.54, 1.807) is 0 Å². The number of fused-ring (bicyclic) bond motifs is 1. The second kappa shape index (κ2) is 6.28. The van der Waals surface area contributed by atoms with Crippen molar-refractivity contribution in [2.45, 2.75) is 31.6 Å². The summed E-state index contributed by atoms with van der Waals surface area (Å²) >= 11 is 1.42. The Labute approximate surface area is 141 Å². The van der Waals surface area contributed by atoms with Crippen molar-refractivity contribution in [2.24, 2.45) is 10.9 Å². The predicted octanol–water partition coefficient (Wildman–Crippen LogP) is 2.33. The van der Waals surface area contributed by atoms with Gasteiger partial charge in [0.05, 0.1) is 17.5 Å². The summed E-state index contributed by atoms with van der Waals surface area (Å²) in [6.45, 7) is 3.82. The molecule has 23 heavy (non-hydrogen) atoms. The van der Waals surface area contributed by atoms with Crippen LogP contribution in [0.25, 0.3) is 0 Å². The van der Waals surface area contributed by atoms with Gasteiger partial charge in [-0.15, -0.1) is 0 Å². The second-order valence-electron chi connectivity index (χ2n) is 6.05. The zero-order chi connectivity index (χ0) is 16.6. The summed E-state index contributed by atoms with van der Waals surface area (Å²) in [4.78, 5) is 18.4. The highest BCUT2D eigenvalue weighted by molar-refractivity contribution is 8.16. The fourth-order valence-electron chi connectivity index (χ4n) is 2.83. The number of benzene rings is 1. The highest BCUT2D eigenvalue weighted by atomic mass is 32.2. The third kappa shape index (κ3) is 3.30. The lowest BCUT2D eigenvalue weighted by molar-refractivity contribution is -0.121. The molecule has 2 heterocycles. The molecule has 1 aromatic carbocycles. The Balaban J connectivity index is 1.97. The standard InChI is InChI=1S/C16H20N2O3S2/c1-3-11(2)15(19)17-16-18(12-7-5-4-6-8-12)13-9-23(20,21)10-14(13)22-16/h4-8,11,13-14H,3,9-10H2,1-2H3/t11-,13+,14+/m1/s1. The number of thioether (sulfide) groups is 1. The Morgan fingerprint density at radius 2 is 2.04 bits per heavy atom. The maximum Gasteiger partial charge on any atom is 0.250 e. The molecule has 0 radical (unpaired) electrons. The fraction of sp³-hybridized carbons (Fsp3) is 0.500. The molecule has 2 saturated heterocycles. The SMILES string of the molecule is CC[C@@H](C)C(=O)N=C1S[C@H]2CS(=O)(=O)C[C@@H]2N1c1ccccc1. The van der Waals surface area contributed by atoms with Gasteiger partial charge in [0.2, 0.25) is 0 Å². The van der Waals surface area contributed by atoms with E-state index in [1.165, 1.54) is 11.8 Å². The molecule has 0 N–H and O–H groups in total. The molecule has 1 aromatic rings. The van der Waals surface area contributed by atoms with Gasteiger partial charge in [-0.3, -0.25) is 4.79 Å². The first-order valence-electron chi connectivity index (χ1n) is 7.75. The van der Waals surface area contributed by atoms with Crippen LogP contribution in [0.4, 0.5) is 5.69 Å². The van der Waals surface area contributed by atoms with Crippen molar-refractivity contribution in [2.75, 3.05) is 16.4 Å². The molecular weight excluding hydrogens is 332 g/mol. The van der Waals surface area contributed by atoms with Gasteiger partial charge in [0.1, 0.15) is 0 Å². The van der Waals surface area contributed by atoms with Crippen LogP contribution in [-0.4, -0.2) is 42.3 Å². The van der Waals surface area contributed by atoms with Crippen LogP contribution in [0.2, 0.25) is 0 Å². The Hall–Kier alpha value is -1.34. The molecule has 0 bridgehead atoms. The minimum Gasteiger partial charge on any atom is -0.316 e. The van der Waals surface area contributed by atoms with Crippen LogP contribution in [-0.2, 0) is 14.6 Å². The summed E-state index contributed by atoms with van der Waals surface area (Å²) < 4.78 is 23.9. The molecule has 0 spiro atoms. The minimum atomic E-state index is -3.02. The number of amides is 1. The normalized spacial score (nSPS) is 28.8. The van der Waals surface area contributed by atoms with Crippen molar-refractivity contribution in [3.8, 4) is 0 Å². The molecule has 124 valence electrons. The number of hydrogen-bond donors (Lipinski definition) is 0. The number of rotatable bonds is 3. The first-order chi connectivity index (χ1) is 10.9. The van der Waals surface area contributed by atoms with Gasteiger partial charge in [0, 0.05) is 16.9 Å². The number of nitrogens with zero attached hydrogens (tertiary/aromatic N) is 2. The summed E-state index contributed by atoms with van der Waals surface area (Å²) in [5.41, 5.74) is 0.889. The Bertz CT molecular complexity index is 731. The second-order valence-corrected chi connectivity index (χ2v) is 9.41. The number of aliphatic imine (C=N–C) groups is 1. The summed E-state index contributed by atoms with van der Waals surface area (Å²) in [7, 11) is -3.02. The maximum atomic E-state index is 12.2. The van der Waals surface area contributed by atoms with E-state index in [2.05, 4.69) is 4.99 Å². The molecule has 0 unspecified atom stereocenters. The summed E-state index contributed by atoms with van der Waals surface area (Å²) in [6, 6.07) is 9.44. The molecule has 2 aliphatic heterocycles. The highest BCUT2D eigenvalue weighted by Gasteiger charge is 2.49. The van der Waals surface area contributed by atoms with Gasteiger partial charge in [-0.25, -0.2) is 8.42 Å². The first kappa shape index (κ1) is 16.5. The number of hydrogen-bond acceptors (Lipinski definition) is 4. The van der Waals surface area contributed by atoms with E-state index in [0.717, 1.165) is 12.1 Å². The van der Waals surface area contributed by atoms with Gasteiger partial charge in [0.25, 0.3) is 5.91 Å². The summed E-state index contributed by atoms with van der Waals surface area (Å²) in [5.74, 6) is 0.0156. The molecule has 7 heteroatoms. The topological polar surface area (TPSA) is 66.8 Å². The molecule has 2 aliphatic rings. The average Bonchev–Trinajstić information content (AvgIpc) is 2.98. The fourth-order valence-corrected chi connectivity index (χ4v) is 6.75.